The molecule has 3 rings (SSSR count). The Morgan fingerprint density at radius 1 is 1.19 bits per heavy atom. The SMILES string of the molecule is NCCc1cn(Cc2cccc(F)c2Br)c2ncccc12. The van der Waals surface area contributed by atoms with Crippen molar-refractivity contribution >= 4 is 27.0 Å². The van der Waals surface area contributed by atoms with E-state index in [-0.39, 0.29) is 5.82 Å². The molecule has 0 fully saturated rings. The lowest BCUT2D eigenvalue weighted by atomic mass is 10.2. The molecule has 2 heterocycles. The van der Waals surface area contributed by atoms with Crippen molar-refractivity contribution in [3.63, 3.8) is 0 Å². The van der Waals surface area contributed by atoms with E-state index in [0.29, 0.717) is 17.6 Å². The molecular weight excluding hydrogens is 333 g/mol. The molecule has 21 heavy (non-hydrogen) atoms. The zero-order valence-electron chi connectivity index (χ0n) is 11.4. The molecule has 0 bridgehead atoms. The van der Waals surface area contributed by atoms with Crippen molar-refractivity contribution in [2.75, 3.05) is 6.54 Å². The van der Waals surface area contributed by atoms with Gasteiger partial charge in [0.2, 0.25) is 0 Å². The highest BCUT2D eigenvalue weighted by Gasteiger charge is 2.11. The molecule has 108 valence electrons. The van der Waals surface area contributed by atoms with E-state index in [0.717, 1.165) is 23.0 Å². The summed E-state index contributed by atoms with van der Waals surface area (Å²) >= 11 is 3.31. The lowest BCUT2D eigenvalue weighted by Crippen LogP contribution is -2.03. The molecule has 0 radical (unpaired) electrons. The van der Waals surface area contributed by atoms with E-state index in [1.54, 1.807) is 12.3 Å². The van der Waals surface area contributed by atoms with Gasteiger partial charge < -0.3 is 10.3 Å². The molecule has 0 saturated carbocycles. The molecule has 0 saturated heterocycles. The third-order valence-corrected chi connectivity index (χ3v) is 4.39. The Balaban J connectivity index is 2.06. The van der Waals surface area contributed by atoms with Crippen molar-refractivity contribution in [1.82, 2.24) is 9.55 Å². The Morgan fingerprint density at radius 3 is 2.86 bits per heavy atom. The van der Waals surface area contributed by atoms with Crippen LogP contribution in [0.15, 0.2) is 47.2 Å². The summed E-state index contributed by atoms with van der Waals surface area (Å²) in [6, 6.07) is 9.04. The van der Waals surface area contributed by atoms with Crippen LogP contribution in [0.1, 0.15) is 11.1 Å². The summed E-state index contributed by atoms with van der Waals surface area (Å²) in [5, 5.41) is 1.11. The van der Waals surface area contributed by atoms with Gasteiger partial charge in [-0.25, -0.2) is 9.37 Å². The largest absolute Gasteiger partial charge is 0.330 e. The minimum Gasteiger partial charge on any atom is -0.330 e. The van der Waals surface area contributed by atoms with E-state index in [9.17, 15) is 4.39 Å². The quantitative estimate of drug-likeness (QED) is 0.784. The van der Waals surface area contributed by atoms with Crippen molar-refractivity contribution in [1.29, 1.82) is 0 Å². The fourth-order valence-corrected chi connectivity index (χ4v) is 2.91. The number of nitrogens with zero attached hydrogens (tertiary/aromatic N) is 2. The molecular formula is C16H15BrFN3. The van der Waals surface area contributed by atoms with E-state index in [4.69, 9.17) is 5.73 Å². The van der Waals surface area contributed by atoms with E-state index in [2.05, 4.69) is 27.1 Å². The van der Waals surface area contributed by atoms with Crippen LogP contribution in [0.3, 0.4) is 0 Å². The van der Waals surface area contributed by atoms with Gasteiger partial charge in [-0.3, -0.25) is 0 Å². The molecule has 5 heteroatoms. The topological polar surface area (TPSA) is 43.8 Å². The van der Waals surface area contributed by atoms with Crippen LogP contribution < -0.4 is 5.73 Å². The Morgan fingerprint density at radius 2 is 2.05 bits per heavy atom. The van der Waals surface area contributed by atoms with Crippen molar-refractivity contribution in [2.45, 2.75) is 13.0 Å². The smallest absolute Gasteiger partial charge is 0.140 e. The predicted octanol–water partition coefficient (Wildman–Crippen LogP) is 3.49. The highest BCUT2D eigenvalue weighted by molar-refractivity contribution is 9.10. The minimum atomic E-state index is -0.251. The van der Waals surface area contributed by atoms with Gasteiger partial charge >= 0.3 is 0 Å². The third kappa shape index (κ3) is 2.71. The first-order valence-corrected chi connectivity index (χ1v) is 7.55. The second kappa shape index (κ2) is 5.95. The maximum atomic E-state index is 13.6. The van der Waals surface area contributed by atoms with Crippen LogP contribution in [0, 0.1) is 5.82 Å². The zero-order chi connectivity index (χ0) is 14.8. The summed E-state index contributed by atoms with van der Waals surface area (Å²) < 4.78 is 16.2. The highest BCUT2D eigenvalue weighted by atomic mass is 79.9. The van der Waals surface area contributed by atoms with Gasteiger partial charge in [-0.15, -0.1) is 0 Å². The first-order valence-electron chi connectivity index (χ1n) is 6.76. The molecule has 0 aliphatic carbocycles. The van der Waals surface area contributed by atoms with Gasteiger partial charge in [0.1, 0.15) is 11.5 Å². The highest BCUT2D eigenvalue weighted by Crippen LogP contribution is 2.25. The van der Waals surface area contributed by atoms with E-state index in [1.807, 2.05) is 22.8 Å². The molecule has 3 nitrogen and oxygen atoms in total. The maximum absolute atomic E-state index is 13.6. The number of hydrogen-bond acceptors (Lipinski definition) is 2. The number of aromatic nitrogens is 2. The van der Waals surface area contributed by atoms with Gasteiger partial charge in [-0.05, 0) is 58.2 Å². The molecule has 0 amide bonds. The first-order chi connectivity index (χ1) is 10.2. The lowest BCUT2D eigenvalue weighted by Gasteiger charge is -2.07. The zero-order valence-corrected chi connectivity index (χ0v) is 13.0. The van der Waals surface area contributed by atoms with Crippen LogP contribution in [-0.4, -0.2) is 16.1 Å². The molecule has 0 aliphatic heterocycles. The summed E-state index contributed by atoms with van der Waals surface area (Å²) in [7, 11) is 0. The Hall–Kier alpha value is -1.72. The summed E-state index contributed by atoms with van der Waals surface area (Å²) in [5.74, 6) is -0.251. The summed E-state index contributed by atoms with van der Waals surface area (Å²) in [4.78, 5) is 4.45. The number of hydrogen-bond donors (Lipinski definition) is 1. The van der Waals surface area contributed by atoms with Gasteiger partial charge in [0, 0.05) is 17.8 Å². The molecule has 1 aromatic carbocycles. The molecule has 0 unspecified atom stereocenters. The van der Waals surface area contributed by atoms with Gasteiger partial charge in [-0.2, -0.15) is 0 Å². The van der Waals surface area contributed by atoms with E-state index < -0.39 is 0 Å². The number of halogens is 2. The lowest BCUT2D eigenvalue weighted by molar-refractivity contribution is 0.616. The Bertz CT molecular complexity index is 782. The third-order valence-electron chi connectivity index (χ3n) is 3.50. The molecule has 0 atom stereocenters. The Labute approximate surface area is 130 Å². The first kappa shape index (κ1) is 14.2. The molecule has 3 aromatic rings. The summed E-state index contributed by atoms with van der Waals surface area (Å²) in [5.41, 5.74) is 8.63. The van der Waals surface area contributed by atoms with Crippen molar-refractivity contribution < 1.29 is 4.39 Å². The van der Waals surface area contributed by atoms with Gasteiger partial charge in [-0.1, -0.05) is 12.1 Å². The molecule has 2 aromatic heterocycles. The van der Waals surface area contributed by atoms with Crippen molar-refractivity contribution in [2.24, 2.45) is 5.73 Å². The molecule has 0 aliphatic rings. The minimum absolute atomic E-state index is 0.251. The monoisotopic (exact) mass is 347 g/mol. The number of rotatable bonds is 4. The average Bonchev–Trinajstić information content (AvgIpc) is 2.83. The van der Waals surface area contributed by atoms with Crippen LogP contribution in [-0.2, 0) is 13.0 Å². The Kier molecular flexibility index (Phi) is 4.03. The number of fused-ring (bicyclic) bond motifs is 1. The summed E-state index contributed by atoms with van der Waals surface area (Å²) in [6.07, 6.45) is 4.63. The van der Waals surface area contributed by atoms with Crippen LogP contribution in [0.25, 0.3) is 11.0 Å². The standard InChI is InChI=1S/C16H15BrFN3/c17-15-12(3-1-5-14(15)18)10-21-9-11(6-7-19)13-4-2-8-20-16(13)21/h1-5,8-9H,6-7,10,19H2. The average molecular weight is 348 g/mol. The van der Waals surface area contributed by atoms with Crippen LogP contribution >= 0.6 is 15.9 Å². The normalized spacial score (nSPS) is 11.2. The fraction of sp³-hybridized carbons (Fsp3) is 0.188. The fourth-order valence-electron chi connectivity index (χ4n) is 2.52. The number of nitrogens with two attached hydrogens (primary N) is 1. The second-order valence-electron chi connectivity index (χ2n) is 4.91. The molecule has 0 spiro atoms. The van der Waals surface area contributed by atoms with Gasteiger partial charge in [0.25, 0.3) is 0 Å². The number of benzene rings is 1. The van der Waals surface area contributed by atoms with Gasteiger partial charge in [0.15, 0.2) is 0 Å². The van der Waals surface area contributed by atoms with E-state index >= 15 is 0 Å². The van der Waals surface area contributed by atoms with Crippen molar-refractivity contribution in [3.05, 3.63) is 64.1 Å². The second-order valence-corrected chi connectivity index (χ2v) is 5.70. The summed E-state index contributed by atoms with van der Waals surface area (Å²) in [6.45, 7) is 1.16. The van der Waals surface area contributed by atoms with Crippen LogP contribution in [0.4, 0.5) is 4.39 Å². The maximum Gasteiger partial charge on any atom is 0.140 e. The van der Waals surface area contributed by atoms with E-state index in [1.165, 1.54) is 11.6 Å². The van der Waals surface area contributed by atoms with Crippen LogP contribution in [0.5, 0.6) is 0 Å². The van der Waals surface area contributed by atoms with Crippen molar-refractivity contribution in [3.8, 4) is 0 Å². The molecule has 2 N–H and O–H groups in total. The van der Waals surface area contributed by atoms with Gasteiger partial charge in [0.05, 0.1) is 11.0 Å². The predicted molar refractivity (Wildman–Crippen MR) is 85.7 cm³/mol. The van der Waals surface area contributed by atoms with Crippen LogP contribution in [0.2, 0.25) is 0 Å². The number of pyridine rings is 1.